The summed E-state index contributed by atoms with van der Waals surface area (Å²) in [6.45, 7) is 3.01. The van der Waals surface area contributed by atoms with Crippen molar-refractivity contribution < 1.29 is 9.59 Å². The second-order valence-corrected chi connectivity index (χ2v) is 8.38. The second kappa shape index (κ2) is 8.76. The molecule has 0 aromatic heterocycles. The molecule has 0 saturated carbocycles. The van der Waals surface area contributed by atoms with E-state index in [-0.39, 0.29) is 23.7 Å². The summed E-state index contributed by atoms with van der Waals surface area (Å²) in [5.41, 5.74) is 5.05. The van der Waals surface area contributed by atoms with E-state index in [0.29, 0.717) is 41.7 Å². The van der Waals surface area contributed by atoms with Gasteiger partial charge in [-0.2, -0.15) is 5.10 Å². The molecule has 2 aliphatic rings. The van der Waals surface area contributed by atoms with Gasteiger partial charge in [0.25, 0.3) is 5.91 Å². The van der Waals surface area contributed by atoms with Crippen LogP contribution in [-0.2, 0) is 9.59 Å². The molecule has 156 valence electrons. The highest BCUT2D eigenvalue weighted by Gasteiger charge is 2.40. The van der Waals surface area contributed by atoms with Crippen LogP contribution in [-0.4, -0.2) is 35.5 Å². The summed E-state index contributed by atoms with van der Waals surface area (Å²) in [6, 6.07) is 14.8. The van der Waals surface area contributed by atoms with Crippen molar-refractivity contribution in [1.82, 2.24) is 10.4 Å². The first kappa shape index (κ1) is 20.8. The molecule has 1 amide bonds. The first-order valence-electron chi connectivity index (χ1n) is 9.89. The Kier molecular flexibility index (Phi) is 6.09. The lowest BCUT2D eigenvalue weighted by Gasteiger charge is -2.28. The lowest BCUT2D eigenvalue weighted by atomic mass is 9.91. The number of ketones is 1. The van der Waals surface area contributed by atoms with Crippen LogP contribution < -0.4 is 10.4 Å². The predicted octanol–water partition coefficient (Wildman–Crippen LogP) is 4.24. The third kappa shape index (κ3) is 4.21. The number of benzene rings is 2. The Morgan fingerprint density at radius 3 is 2.40 bits per heavy atom. The van der Waals surface area contributed by atoms with Crippen molar-refractivity contribution in [2.75, 3.05) is 18.1 Å². The zero-order valence-corrected chi connectivity index (χ0v) is 18.0. The first-order valence-corrected chi connectivity index (χ1v) is 10.6. The zero-order valence-electron chi connectivity index (χ0n) is 16.5. The number of hydrazone groups is 1. The van der Waals surface area contributed by atoms with Crippen molar-refractivity contribution in [2.24, 2.45) is 11.0 Å². The number of hydrogen-bond donors (Lipinski definition) is 1. The van der Waals surface area contributed by atoms with Gasteiger partial charge in [-0.25, -0.2) is 5.01 Å². The number of amides is 1. The van der Waals surface area contributed by atoms with E-state index in [1.165, 1.54) is 0 Å². The molecular formula is C22H22Cl2N4O2. The van der Waals surface area contributed by atoms with Gasteiger partial charge in [0.15, 0.2) is 0 Å². The van der Waals surface area contributed by atoms with E-state index < -0.39 is 0 Å². The van der Waals surface area contributed by atoms with Crippen LogP contribution in [0, 0.1) is 5.92 Å². The van der Waals surface area contributed by atoms with Gasteiger partial charge >= 0.3 is 0 Å². The highest BCUT2D eigenvalue weighted by atomic mass is 35.5. The number of rotatable bonds is 4. The Hall–Kier alpha value is -2.41. The minimum Gasteiger partial charge on any atom is -0.300 e. The summed E-state index contributed by atoms with van der Waals surface area (Å²) in [7, 11) is 0. The maximum Gasteiger partial charge on any atom is 0.282 e. The molecule has 0 bridgehead atoms. The molecule has 0 spiro atoms. The quantitative estimate of drug-likeness (QED) is 0.765. The number of halogens is 2. The van der Waals surface area contributed by atoms with E-state index in [9.17, 15) is 9.59 Å². The van der Waals surface area contributed by atoms with Crippen molar-refractivity contribution in [3.8, 4) is 0 Å². The van der Waals surface area contributed by atoms with E-state index >= 15 is 0 Å². The van der Waals surface area contributed by atoms with Gasteiger partial charge in [0.1, 0.15) is 11.5 Å². The van der Waals surface area contributed by atoms with Gasteiger partial charge < -0.3 is 0 Å². The Morgan fingerprint density at radius 2 is 1.73 bits per heavy atom. The number of Topliss-reactive ketones (excluding diaryl/α,β-unsaturated/α-hetero) is 1. The fourth-order valence-corrected chi connectivity index (χ4v) is 4.23. The van der Waals surface area contributed by atoms with Gasteiger partial charge in [-0.3, -0.25) is 20.0 Å². The standard InChI is InChI=1S/C22H22Cl2N4O2/c1-14-20(22(30)26-27-12-10-17(29)11-13-27)25-28(19-5-3-2-4-18(19)24)21(14)15-6-8-16(23)9-7-15/h2-9,14,21H,10-13H2,1H3,(H,26,30)/t14-,21+/m1/s1. The summed E-state index contributed by atoms with van der Waals surface area (Å²) < 4.78 is 0. The normalized spacial score (nSPS) is 22.2. The maximum absolute atomic E-state index is 13.0. The molecule has 1 saturated heterocycles. The number of carbonyl (C=O) groups excluding carboxylic acids is 2. The number of piperidine rings is 1. The Bertz CT molecular complexity index is 983. The summed E-state index contributed by atoms with van der Waals surface area (Å²) in [5.74, 6) is -0.223. The third-order valence-corrected chi connectivity index (χ3v) is 6.08. The lowest BCUT2D eigenvalue weighted by molar-refractivity contribution is -0.126. The van der Waals surface area contributed by atoms with Gasteiger partial charge in [0.2, 0.25) is 0 Å². The monoisotopic (exact) mass is 444 g/mol. The smallest absolute Gasteiger partial charge is 0.282 e. The molecule has 2 atom stereocenters. The Morgan fingerprint density at radius 1 is 1.07 bits per heavy atom. The fraction of sp³-hybridized carbons (Fsp3) is 0.318. The van der Waals surface area contributed by atoms with Crippen LogP contribution in [0.1, 0.15) is 31.4 Å². The molecule has 1 fully saturated rings. The topological polar surface area (TPSA) is 65.0 Å². The first-order chi connectivity index (χ1) is 14.4. The molecule has 0 unspecified atom stereocenters. The van der Waals surface area contributed by atoms with Crippen LogP contribution in [0.25, 0.3) is 0 Å². The molecule has 2 heterocycles. The van der Waals surface area contributed by atoms with E-state index in [1.54, 1.807) is 11.1 Å². The lowest BCUT2D eigenvalue weighted by Crippen LogP contribution is -2.49. The van der Waals surface area contributed by atoms with E-state index in [1.807, 2.05) is 54.4 Å². The Balaban J connectivity index is 1.64. The molecule has 4 rings (SSSR count). The fourth-order valence-electron chi connectivity index (χ4n) is 3.88. The van der Waals surface area contributed by atoms with Crippen LogP contribution >= 0.6 is 23.2 Å². The Labute approximate surface area is 185 Å². The molecule has 1 N–H and O–H groups in total. The highest BCUT2D eigenvalue weighted by molar-refractivity contribution is 6.40. The molecule has 2 aromatic carbocycles. The number of carbonyl (C=O) groups is 2. The number of hydrazine groups is 1. The van der Waals surface area contributed by atoms with Crippen molar-refractivity contribution in [1.29, 1.82) is 0 Å². The molecule has 2 aromatic rings. The van der Waals surface area contributed by atoms with Gasteiger partial charge in [-0.05, 0) is 29.8 Å². The molecule has 8 heteroatoms. The summed E-state index contributed by atoms with van der Waals surface area (Å²) in [4.78, 5) is 24.5. The van der Waals surface area contributed by atoms with Crippen molar-refractivity contribution in [3.05, 3.63) is 64.1 Å². The predicted molar refractivity (Wildman–Crippen MR) is 119 cm³/mol. The van der Waals surface area contributed by atoms with Crippen molar-refractivity contribution >= 4 is 46.3 Å². The number of anilines is 1. The average molecular weight is 445 g/mol. The molecule has 30 heavy (non-hydrogen) atoms. The zero-order chi connectivity index (χ0) is 21.3. The molecule has 0 radical (unpaired) electrons. The molecule has 2 aliphatic heterocycles. The van der Waals surface area contributed by atoms with E-state index in [2.05, 4.69) is 10.5 Å². The van der Waals surface area contributed by atoms with Crippen LogP contribution in [0.3, 0.4) is 0 Å². The van der Waals surface area contributed by atoms with Gasteiger partial charge in [0, 0.05) is 36.9 Å². The van der Waals surface area contributed by atoms with Gasteiger partial charge in [0.05, 0.1) is 16.8 Å². The van der Waals surface area contributed by atoms with Crippen molar-refractivity contribution in [2.45, 2.75) is 25.8 Å². The molecular weight excluding hydrogens is 423 g/mol. The number of nitrogens with one attached hydrogen (secondary N) is 1. The molecule has 6 nitrogen and oxygen atoms in total. The SMILES string of the molecule is C[C@@H]1C(C(=O)NN2CCC(=O)CC2)=NN(c2ccccc2Cl)[C@@H]1c1ccc(Cl)cc1. The summed E-state index contributed by atoms with van der Waals surface area (Å²) in [6.07, 6.45) is 0.892. The summed E-state index contributed by atoms with van der Waals surface area (Å²) in [5, 5.41) is 9.49. The second-order valence-electron chi connectivity index (χ2n) is 7.53. The third-order valence-electron chi connectivity index (χ3n) is 5.51. The largest absolute Gasteiger partial charge is 0.300 e. The van der Waals surface area contributed by atoms with E-state index in [4.69, 9.17) is 23.2 Å². The highest BCUT2D eigenvalue weighted by Crippen LogP contribution is 2.41. The van der Waals surface area contributed by atoms with Crippen molar-refractivity contribution in [3.63, 3.8) is 0 Å². The minimum absolute atomic E-state index is 0.186. The summed E-state index contributed by atoms with van der Waals surface area (Å²) >= 11 is 12.5. The maximum atomic E-state index is 13.0. The van der Waals surface area contributed by atoms with Crippen LogP contribution in [0.15, 0.2) is 53.6 Å². The molecule has 0 aliphatic carbocycles. The number of nitrogens with zero attached hydrogens (tertiary/aromatic N) is 3. The van der Waals surface area contributed by atoms with E-state index in [0.717, 1.165) is 11.3 Å². The van der Waals surface area contributed by atoms with Gasteiger partial charge in [-0.15, -0.1) is 0 Å². The number of para-hydroxylation sites is 1. The van der Waals surface area contributed by atoms with Crippen LogP contribution in [0.2, 0.25) is 10.0 Å². The minimum atomic E-state index is -0.259. The van der Waals surface area contributed by atoms with Gasteiger partial charge in [-0.1, -0.05) is 54.4 Å². The number of hydrogen-bond acceptors (Lipinski definition) is 5. The van der Waals surface area contributed by atoms with Crippen LogP contribution in [0.4, 0.5) is 5.69 Å². The van der Waals surface area contributed by atoms with Crippen LogP contribution in [0.5, 0.6) is 0 Å². The average Bonchev–Trinajstić information content (AvgIpc) is 3.08.